The molecule has 0 aliphatic heterocycles. The fourth-order valence-electron chi connectivity index (χ4n) is 2.35. The molecule has 1 fully saturated rings. The van der Waals surface area contributed by atoms with Gasteiger partial charge in [-0.25, -0.2) is 0 Å². The summed E-state index contributed by atoms with van der Waals surface area (Å²) in [4.78, 5) is 11.3. The summed E-state index contributed by atoms with van der Waals surface area (Å²) in [6.45, 7) is 5.05. The van der Waals surface area contributed by atoms with E-state index < -0.39 is 0 Å². The molecule has 94 valence electrons. The molecule has 16 heavy (non-hydrogen) atoms. The minimum absolute atomic E-state index is 0.177. The van der Waals surface area contributed by atoms with Gasteiger partial charge in [0.2, 0.25) is 5.91 Å². The monoisotopic (exact) mass is 244 g/mol. The van der Waals surface area contributed by atoms with Gasteiger partial charge in [0.25, 0.3) is 0 Å². The molecule has 0 aromatic rings. The number of nitrogens with two attached hydrogens (primary N) is 1. The van der Waals surface area contributed by atoms with Crippen LogP contribution in [0.25, 0.3) is 0 Å². The number of carbonyl (C=O) groups excluding carboxylic acids is 1. The van der Waals surface area contributed by atoms with Gasteiger partial charge in [-0.05, 0) is 37.6 Å². The second kappa shape index (κ2) is 6.50. The third-order valence-electron chi connectivity index (χ3n) is 3.66. The summed E-state index contributed by atoms with van der Waals surface area (Å²) in [5, 5.41) is 3.87. The number of amides is 1. The summed E-state index contributed by atoms with van der Waals surface area (Å²) in [5.41, 5.74) is 5.41. The van der Waals surface area contributed by atoms with Crippen molar-refractivity contribution in [1.82, 2.24) is 5.32 Å². The molecule has 0 bridgehead atoms. The zero-order valence-corrected chi connectivity index (χ0v) is 11.2. The number of nitrogens with one attached hydrogen (secondary N) is 1. The smallest absolute Gasteiger partial charge is 0.234 e. The van der Waals surface area contributed by atoms with Gasteiger partial charge in [-0.15, -0.1) is 0 Å². The van der Waals surface area contributed by atoms with Crippen LogP contribution < -0.4 is 11.1 Å². The van der Waals surface area contributed by atoms with E-state index in [-0.39, 0.29) is 11.9 Å². The first-order valence-corrected chi connectivity index (χ1v) is 6.77. The molecular formula is C12H24N2OS. The van der Waals surface area contributed by atoms with Crippen molar-refractivity contribution < 1.29 is 4.79 Å². The maximum Gasteiger partial charge on any atom is 0.234 e. The molecule has 0 heterocycles. The lowest BCUT2D eigenvalue weighted by Crippen LogP contribution is -2.47. The first kappa shape index (κ1) is 13.8. The Labute approximate surface area is 104 Å². The number of hydrogen-bond acceptors (Lipinski definition) is 3. The largest absolute Gasteiger partial charge is 0.368 e. The van der Waals surface area contributed by atoms with Crippen molar-refractivity contribution in [2.24, 2.45) is 17.6 Å². The molecule has 3 unspecified atom stereocenters. The molecular weight excluding hydrogens is 220 g/mol. The Morgan fingerprint density at radius 3 is 2.69 bits per heavy atom. The van der Waals surface area contributed by atoms with Gasteiger partial charge in [-0.2, -0.15) is 12.6 Å². The highest BCUT2D eigenvalue weighted by atomic mass is 32.1. The quantitative estimate of drug-likeness (QED) is 0.621. The van der Waals surface area contributed by atoms with E-state index in [4.69, 9.17) is 5.73 Å². The van der Waals surface area contributed by atoms with Crippen LogP contribution >= 0.6 is 12.6 Å². The van der Waals surface area contributed by atoms with Gasteiger partial charge < -0.3 is 11.1 Å². The van der Waals surface area contributed by atoms with E-state index in [1.165, 1.54) is 12.8 Å². The van der Waals surface area contributed by atoms with Crippen molar-refractivity contribution in [3.8, 4) is 0 Å². The maximum atomic E-state index is 11.3. The van der Waals surface area contributed by atoms with E-state index in [0.29, 0.717) is 17.1 Å². The van der Waals surface area contributed by atoms with E-state index in [2.05, 4.69) is 31.8 Å². The molecule has 4 heteroatoms. The molecule has 0 saturated heterocycles. The molecule has 1 aliphatic carbocycles. The third-order valence-corrected chi connectivity index (χ3v) is 4.13. The van der Waals surface area contributed by atoms with Gasteiger partial charge in [-0.1, -0.05) is 20.3 Å². The highest BCUT2D eigenvalue weighted by Crippen LogP contribution is 2.28. The van der Waals surface area contributed by atoms with E-state index in [9.17, 15) is 4.79 Å². The van der Waals surface area contributed by atoms with Crippen molar-refractivity contribution in [1.29, 1.82) is 0 Å². The minimum Gasteiger partial charge on any atom is -0.368 e. The van der Waals surface area contributed by atoms with E-state index in [1.54, 1.807) is 0 Å². The minimum atomic E-state index is -0.227. The first-order valence-electron chi connectivity index (χ1n) is 6.25. The van der Waals surface area contributed by atoms with Gasteiger partial charge in [0.05, 0.1) is 6.04 Å². The fraction of sp³-hybridized carbons (Fsp3) is 0.917. The number of thiol groups is 1. The zero-order chi connectivity index (χ0) is 12.1. The van der Waals surface area contributed by atoms with Crippen molar-refractivity contribution in [3.05, 3.63) is 0 Å². The van der Waals surface area contributed by atoms with Crippen molar-refractivity contribution >= 4 is 18.5 Å². The molecule has 0 aromatic heterocycles. The van der Waals surface area contributed by atoms with Gasteiger partial charge in [0.15, 0.2) is 0 Å². The Bertz CT molecular complexity index is 235. The average Bonchev–Trinajstić information content (AvgIpc) is 2.63. The molecule has 0 radical (unpaired) electrons. The SMILES string of the molecule is CCC(C)[C@H](NCC1CCC(S)C1)C(N)=O. The molecule has 1 saturated carbocycles. The average molecular weight is 244 g/mol. The highest BCUT2D eigenvalue weighted by Gasteiger charge is 2.25. The molecule has 0 aromatic carbocycles. The van der Waals surface area contributed by atoms with Crippen LogP contribution in [0.5, 0.6) is 0 Å². The third kappa shape index (κ3) is 3.98. The Balaban J connectivity index is 2.35. The number of rotatable bonds is 6. The van der Waals surface area contributed by atoms with Crippen LogP contribution in [-0.4, -0.2) is 23.7 Å². The molecule has 4 atom stereocenters. The molecule has 1 rings (SSSR count). The van der Waals surface area contributed by atoms with Gasteiger partial charge in [0, 0.05) is 5.25 Å². The van der Waals surface area contributed by atoms with Gasteiger partial charge in [0.1, 0.15) is 0 Å². The second-order valence-electron chi connectivity index (χ2n) is 5.01. The molecule has 1 aliphatic rings. The first-order chi connectivity index (χ1) is 7.54. The van der Waals surface area contributed by atoms with Crippen LogP contribution in [-0.2, 0) is 4.79 Å². The summed E-state index contributed by atoms with van der Waals surface area (Å²) < 4.78 is 0. The van der Waals surface area contributed by atoms with Crippen LogP contribution in [0.1, 0.15) is 39.5 Å². The topological polar surface area (TPSA) is 55.1 Å². The van der Waals surface area contributed by atoms with E-state index in [1.807, 2.05) is 0 Å². The van der Waals surface area contributed by atoms with Crippen molar-refractivity contribution in [2.45, 2.75) is 50.8 Å². The maximum absolute atomic E-state index is 11.3. The molecule has 3 N–H and O–H groups in total. The second-order valence-corrected chi connectivity index (χ2v) is 5.74. The summed E-state index contributed by atoms with van der Waals surface area (Å²) in [5.74, 6) is 0.744. The number of carbonyl (C=O) groups is 1. The predicted molar refractivity (Wildman–Crippen MR) is 70.6 cm³/mol. The molecule has 0 spiro atoms. The molecule has 1 amide bonds. The highest BCUT2D eigenvalue weighted by molar-refractivity contribution is 7.80. The van der Waals surface area contributed by atoms with Gasteiger partial charge in [-0.3, -0.25) is 4.79 Å². The van der Waals surface area contributed by atoms with Crippen LogP contribution in [0.15, 0.2) is 0 Å². The lowest BCUT2D eigenvalue weighted by molar-refractivity contribution is -0.121. The lowest BCUT2D eigenvalue weighted by atomic mass is 9.97. The number of primary amides is 1. The van der Waals surface area contributed by atoms with Crippen LogP contribution in [0.2, 0.25) is 0 Å². The molecule has 3 nitrogen and oxygen atoms in total. The lowest BCUT2D eigenvalue weighted by Gasteiger charge is -2.23. The summed E-state index contributed by atoms with van der Waals surface area (Å²) >= 11 is 4.48. The van der Waals surface area contributed by atoms with Crippen molar-refractivity contribution in [2.75, 3.05) is 6.54 Å². The summed E-state index contributed by atoms with van der Waals surface area (Å²) in [7, 11) is 0. The fourth-order valence-corrected chi connectivity index (χ4v) is 2.79. The Morgan fingerprint density at radius 2 is 2.25 bits per heavy atom. The standard InChI is InChI=1S/C12H24N2OS/c1-3-8(2)11(12(13)15)14-7-9-4-5-10(16)6-9/h8-11,14,16H,3-7H2,1-2H3,(H2,13,15)/t8?,9?,10?,11-/m0/s1. The Hall–Kier alpha value is -0.220. The number of hydrogen-bond donors (Lipinski definition) is 3. The summed E-state index contributed by atoms with van der Waals surface area (Å²) in [6.07, 6.45) is 4.54. The van der Waals surface area contributed by atoms with Crippen LogP contribution in [0.4, 0.5) is 0 Å². The predicted octanol–water partition coefficient (Wildman–Crippen LogP) is 1.57. The van der Waals surface area contributed by atoms with Crippen molar-refractivity contribution in [3.63, 3.8) is 0 Å². The van der Waals surface area contributed by atoms with Crippen LogP contribution in [0, 0.1) is 11.8 Å². The normalized spacial score (nSPS) is 28.9. The summed E-state index contributed by atoms with van der Waals surface area (Å²) in [6, 6.07) is -0.177. The zero-order valence-electron chi connectivity index (χ0n) is 10.3. The van der Waals surface area contributed by atoms with Gasteiger partial charge >= 0.3 is 0 Å². The van der Waals surface area contributed by atoms with E-state index in [0.717, 1.165) is 19.4 Å². The van der Waals surface area contributed by atoms with E-state index >= 15 is 0 Å². The Morgan fingerprint density at radius 1 is 1.56 bits per heavy atom. The van der Waals surface area contributed by atoms with Crippen LogP contribution in [0.3, 0.4) is 0 Å². The Kier molecular flexibility index (Phi) is 5.62.